The highest BCUT2D eigenvalue weighted by Crippen LogP contribution is 2.27. The van der Waals surface area contributed by atoms with Gasteiger partial charge in [0.15, 0.2) is 0 Å². The molecule has 0 aromatic heterocycles. The number of carbonyl (C=O) groups is 1. The van der Waals surface area contributed by atoms with Gasteiger partial charge in [-0.3, -0.25) is 4.79 Å². The molecule has 0 spiro atoms. The normalized spacial score (nSPS) is 12.8. The Kier molecular flexibility index (Phi) is 6.69. The number of carbonyl (C=O) groups excluding carboxylic acids is 1. The number of rotatable bonds is 8. The molecule has 0 aliphatic heterocycles. The molecule has 118 valence electrons. The Morgan fingerprint density at radius 1 is 1.33 bits per heavy atom. The Hall–Kier alpha value is -1.55. The summed E-state index contributed by atoms with van der Waals surface area (Å²) in [5.41, 5.74) is 6.70. The number of amides is 1. The second kappa shape index (κ2) is 8.03. The molecule has 21 heavy (non-hydrogen) atoms. The zero-order valence-corrected chi connectivity index (χ0v) is 13.6. The number of benzene rings is 1. The van der Waals surface area contributed by atoms with Crippen molar-refractivity contribution in [3.05, 3.63) is 29.8 Å². The highest BCUT2D eigenvalue weighted by atomic mass is 16.5. The Morgan fingerprint density at radius 2 is 2.00 bits per heavy atom. The molecule has 0 radical (unpaired) electrons. The van der Waals surface area contributed by atoms with Crippen LogP contribution in [0.4, 0.5) is 0 Å². The molecule has 0 saturated carbocycles. The van der Waals surface area contributed by atoms with E-state index >= 15 is 0 Å². The second-order valence-corrected chi connectivity index (χ2v) is 6.23. The number of nitrogens with two attached hydrogens (primary N) is 1. The van der Waals surface area contributed by atoms with E-state index in [4.69, 9.17) is 10.5 Å². The highest BCUT2D eigenvalue weighted by Gasteiger charge is 2.19. The van der Waals surface area contributed by atoms with Crippen LogP contribution in [0.2, 0.25) is 0 Å². The zero-order chi connectivity index (χ0) is 15.9. The van der Waals surface area contributed by atoms with Gasteiger partial charge >= 0.3 is 0 Å². The molecule has 1 amide bonds. The largest absolute Gasteiger partial charge is 0.496 e. The van der Waals surface area contributed by atoms with E-state index in [1.165, 1.54) is 0 Å². The molecule has 1 aromatic rings. The summed E-state index contributed by atoms with van der Waals surface area (Å²) >= 11 is 0. The molecule has 4 nitrogen and oxygen atoms in total. The zero-order valence-electron chi connectivity index (χ0n) is 13.6. The number of nitrogens with one attached hydrogen (secondary N) is 1. The first-order valence-corrected chi connectivity index (χ1v) is 7.52. The van der Waals surface area contributed by atoms with Gasteiger partial charge in [0.2, 0.25) is 5.91 Å². The average molecular weight is 292 g/mol. The van der Waals surface area contributed by atoms with Crippen LogP contribution in [0.3, 0.4) is 0 Å². The summed E-state index contributed by atoms with van der Waals surface area (Å²) in [7, 11) is 1.64. The molecule has 4 heteroatoms. The fourth-order valence-corrected chi connectivity index (χ4v) is 2.38. The molecule has 3 N–H and O–H groups in total. The molecule has 0 heterocycles. The summed E-state index contributed by atoms with van der Waals surface area (Å²) in [5.74, 6) is 0.868. The summed E-state index contributed by atoms with van der Waals surface area (Å²) in [6.07, 6.45) is 2.30. The van der Waals surface area contributed by atoms with E-state index in [1.54, 1.807) is 7.11 Å². The number of methoxy groups -OCH3 is 1. The van der Waals surface area contributed by atoms with E-state index < -0.39 is 0 Å². The maximum atomic E-state index is 12.1. The minimum Gasteiger partial charge on any atom is -0.496 e. The first-order chi connectivity index (χ1) is 9.89. The van der Waals surface area contributed by atoms with E-state index in [9.17, 15) is 4.79 Å². The number of hydrogen-bond acceptors (Lipinski definition) is 3. The monoisotopic (exact) mass is 292 g/mol. The van der Waals surface area contributed by atoms with Crippen molar-refractivity contribution in [2.24, 2.45) is 11.1 Å². The molecular weight excluding hydrogens is 264 g/mol. The number of para-hydroxylation sites is 1. The minimum absolute atomic E-state index is 0.0636. The van der Waals surface area contributed by atoms with Gasteiger partial charge in [-0.2, -0.15) is 0 Å². The third kappa shape index (κ3) is 5.76. The Labute approximate surface area is 128 Å². The summed E-state index contributed by atoms with van der Waals surface area (Å²) in [6, 6.07) is 7.69. The standard InChI is InChI=1S/C17H28N2O2/c1-13(14-7-5-6-8-15(14)21-4)19-16(20)9-10-17(2,3)11-12-18/h5-8,13H,9-12,18H2,1-4H3,(H,19,20)/t13-/m0/s1. The van der Waals surface area contributed by atoms with Crippen LogP contribution in [0.5, 0.6) is 5.75 Å². The van der Waals surface area contributed by atoms with Crippen LogP contribution in [-0.2, 0) is 4.79 Å². The van der Waals surface area contributed by atoms with Crippen molar-refractivity contribution < 1.29 is 9.53 Å². The first kappa shape index (κ1) is 17.5. The van der Waals surface area contributed by atoms with Gasteiger partial charge in [0.1, 0.15) is 5.75 Å². The van der Waals surface area contributed by atoms with E-state index in [0.29, 0.717) is 13.0 Å². The molecule has 1 rings (SSSR count). The molecule has 0 aliphatic carbocycles. The van der Waals surface area contributed by atoms with E-state index in [2.05, 4.69) is 19.2 Å². The van der Waals surface area contributed by atoms with Gasteiger partial charge in [0.25, 0.3) is 0 Å². The van der Waals surface area contributed by atoms with E-state index in [-0.39, 0.29) is 17.4 Å². The Morgan fingerprint density at radius 3 is 2.62 bits per heavy atom. The van der Waals surface area contributed by atoms with Crippen molar-refractivity contribution in [2.75, 3.05) is 13.7 Å². The van der Waals surface area contributed by atoms with Crippen LogP contribution in [0, 0.1) is 5.41 Å². The Bertz CT molecular complexity index is 458. The van der Waals surface area contributed by atoms with Crippen molar-refractivity contribution in [2.45, 2.75) is 46.1 Å². The predicted molar refractivity (Wildman–Crippen MR) is 86.2 cm³/mol. The molecular formula is C17H28N2O2. The van der Waals surface area contributed by atoms with Crippen molar-refractivity contribution in [1.29, 1.82) is 0 Å². The first-order valence-electron chi connectivity index (χ1n) is 7.52. The lowest BCUT2D eigenvalue weighted by Gasteiger charge is -2.24. The predicted octanol–water partition coefficient (Wildman–Crippen LogP) is 3.03. The molecule has 1 atom stereocenters. The van der Waals surface area contributed by atoms with Gasteiger partial charge in [0, 0.05) is 12.0 Å². The van der Waals surface area contributed by atoms with Gasteiger partial charge in [-0.25, -0.2) is 0 Å². The lowest BCUT2D eigenvalue weighted by Crippen LogP contribution is -2.28. The molecule has 0 bridgehead atoms. The van der Waals surface area contributed by atoms with Gasteiger partial charge in [-0.1, -0.05) is 32.0 Å². The van der Waals surface area contributed by atoms with Gasteiger partial charge in [-0.05, 0) is 37.8 Å². The van der Waals surface area contributed by atoms with Crippen LogP contribution in [0.25, 0.3) is 0 Å². The van der Waals surface area contributed by atoms with Crippen LogP contribution in [0.1, 0.15) is 51.6 Å². The maximum absolute atomic E-state index is 12.1. The smallest absolute Gasteiger partial charge is 0.220 e. The lowest BCUT2D eigenvalue weighted by molar-refractivity contribution is -0.122. The minimum atomic E-state index is -0.0636. The van der Waals surface area contributed by atoms with Gasteiger partial charge in [-0.15, -0.1) is 0 Å². The van der Waals surface area contributed by atoms with Crippen molar-refractivity contribution in [3.8, 4) is 5.75 Å². The van der Waals surface area contributed by atoms with Crippen LogP contribution in [0.15, 0.2) is 24.3 Å². The SMILES string of the molecule is COc1ccccc1[C@H](C)NC(=O)CCC(C)(C)CCN. The molecule has 0 saturated heterocycles. The fourth-order valence-electron chi connectivity index (χ4n) is 2.38. The molecule has 1 aromatic carbocycles. The highest BCUT2D eigenvalue weighted by molar-refractivity contribution is 5.76. The third-order valence-corrected chi connectivity index (χ3v) is 3.83. The van der Waals surface area contributed by atoms with Gasteiger partial charge < -0.3 is 15.8 Å². The lowest BCUT2D eigenvalue weighted by atomic mass is 9.84. The number of ether oxygens (including phenoxy) is 1. The van der Waals surface area contributed by atoms with Crippen LogP contribution < -0.4 is 15.8 Å². The quantitative estimate of drug-likeness (QED) is 0.774. The Balaban J connectivity index is 2.54. The van der Waals surface area contributed by atoms with Crippen molar-refractivity contribution in [1.82, 2.24) is 5.32 Å². The third-order valence-electron chi connectivity index (χ3n) is 3.83. The van der Waals surface area contributed by atoms with Crippen LogP contribution >= 0.6 is 0 Å². The van der Waals surface area contributed by atoms with Crippen molar-refractivity contribution in [3.63, 3.8) is 0 Å². The van der Waals surface area contributed by atoms with E-state index in [0.717, 1.165) is 24.2 Å². The topological polar surface area (TPSA) is 64.3 Å². The summed E-state index contributed by atoms with van der Waals surface area (Å²) in [5, 5.41) is 3.04. The summed E-state index contributed by atoms with van der Waals surface area (Å²) < 4.78 is 5.33. The fraction of sp³-hybridized carbons (Fsp3) is 0.588. The van der Waals surface area contributed by atoms with Gasteiger partial charge in [0.05, 0.1) is 13.2 Å². The second-order valence-electron chi connectivity index (χ2n) is 6.23. The average Bonchev–Trinajstić information content (AvgIpc) is 2.45. The molecule has 0 fully saturated rings. The summed E-state index contributed by atoms with van der Waals surface area (Å²) in [6.45, 7) is 6.93. The molecule has 0 unspecified atom stereocenters. The van der Waals surface area contributed by atoms with E-state index in [1.807, 2.05) is 31.2 Å². The number of hydrogen-bond donors (Lipinski definition) is 2. The molecule has 0 aliphatic rings. The maximum Gasteiger partial charge on any atom is 0.220 e. The van der Waals surface area contributed by atoms with Crippen LogP contribution in [-0.4, -0.2) is 19.6 Å². The van der Waals surface area contributed by atoms with Crippen molar-refractivity contribution >= 4 is 5.91 Å². The summed E-state index contributed by atoms with van der Waals surface area (Å²) in [4.78, 5) is 12.1.